The number of pyridine rings is 1. The molecule has 144 valence electrons. The van der Waals surface area contributed by atoms with E-state index in [9.17, 15) is 18.0 Å². The van der Waals surface area contributed by atoms with Gasteiger partial charge >= 0.3 is 6.18 Å². The molecule has 0 bridgehead atoms. The highest BCUT2D eigenvalue weighted by atomic mass is 19.4. The van der Waals surface area contributed by atoms with E-state index in [-0.39, 0.29) is 5.56 Å². The molecule has 3 aromatic rings. The first kappa shape index (κ1) is 19.4. The van der Waals surface area contributed by atoms with Gasteiger partial charge < -0.3 is 10.1 Å². The molecule has 0 aliphatic rings. The van der Waals surface area contributed by atoms with Crippen molar-refractivity contribution in [2.24, 2.45) is 0 Å². The predicted octanol–water partition coefficient (Wildman–Crippen LogP) is 4.95. The van der Waals surface area contributed by atoms with Crippen LogP contribution in [-0.4, -0.2) is 18.0 Å². The van der Waals surface area contributed by atoms with Gasteiger partial charge in [0, 0.05) is 23.9 Å². The molecule has 3 rings (SSSR count). The lowest BCUT2D eigenvalue weighted by Gasteiger charge is -2.12. The third kappa shape index (κ3) is 4.68. The van der Waals surface area contributed by atoms with Gasteiger partial charge in [0.05, 0.1) is 12.7 Å². The molecule has 0 aliphatic carbocycles. The van der Waals surface area contributed by atoms with Crippen LogP contribution >= 0.6 is 0 Å². The van der Waals surface area contributed by atoms with Crippen molar-refractivity contribution in [3.8, 4) is 5.75 Å². The highest BCUT2D eigenvalue weighted by Crippen LogP contribution is 2.28. The number of alkyl halides is 3. The normalized spacial score (nSPS) is 11.1. The lowest BCUT2D eigenvalue weighted by atomic mass is 10.0. The average molecular weight is 386 g/mol. The van der Waals surface area contributed by atoms with Crippen LogP contribution < -0.4 is 10.1 Å². The van der Waals surface area contributed by atoms with E-state index in [1.54, 1.807) is 25.3 Å². The molecule has 1 amide bonds. The molecule has 2 aromatic carbocycles. The number of benzene rings is 2. The first-order valence-electron chi connectivity index (χ1n) is 8.42. The zero-order chi connectivity index (χ0) is 20.1. The van der Waals surface area contributed by atoms with Crippen LogP contribution in [0.3, 0.4) is 0 Å². The quantitative estimate of drug-likeness (QED) is 0.675. The molecule has 0 unspecified atom stereocenters. The number of hydrogen-bond acceptors (Lipinski definition) is 3. The third-order valence-corrected chi connectivity index (χ3v) is 4.09. The second kappa shape index (κ2) is 8.12. The van der Waals surface area contributed by atoms with Crippen molar-refractivity contribution in [2.75, 3.05) is 12.4 Å². The van der Waals surface area contributed by atoms with Gasteiger partial charge in [-0.05, 0) is 35.9 Å². The molecule has 4 nitrogen and oxygen atoms in total. The van der Waals surface area contributed by atoms with E-state index in [0.717, 1.165) is 29.5 Å². The van der Waals surface area contributed by atoms with Crippen molar-refractivity contribution < 1.29 is 22.7 Å². The number of nitrogens with one attached hydrogen (secondary N) is 1. The first-order chi connectivity index (χ1) is 13.4. The summed E-state index contributed by atoms with van der Waals surface area (Å²) in [5.74, 6) is 0.134. The molecule has 0 aliphatic heterocycles. The van der Waals surface area contributed by atoms with Crippen LogP contribution in [0, 0.1) is 0 Å². The largest absolute Gasteiger partial charge is 0.496 e. The highest BCUT2D eigenvalue weighted by Gasteiger charge is 2.32. The number of halogens is 3. The zero-order valence-electron chi connectivity index (χ0n) is 15.0. The lowest BCUT2D eigenvalue weighted by molar-refractivity contribution is -0.141. The number of hydrogen-bond donors (Lipinski definition) is 1. The molecule has 0 saturated heterocycles. The predicted molar refractivity (Wildman–Crippen MR) is 99.4 cm³/mol. The summed E-state index contributed by atoms with van der Waals surface area (Å²) in [5, 5.41) is 2.68. The van der Waals surface area contributed by atoms with Crippen molar-refractivity contribution in [3.63, 3.8) is 0 Å². The minimum atomic E-state index is -4.54. The molecular formula is C21H17F3N2O2. The second-order valence-corrected chi connectivity index (χ2v) is 6.07. The molecule has 28 heavy (non-hydrogen) atoms. The van der Waals surface area contributed by atoms with Gasteiger partial charge in [0.1, 0.15) is 11.4 Å². The fourth-order valence-electron chi connectivity index (χ4n) is 2.71. The van der Waals surface area contributed by atoms with Crippen LogP contribution in [0.2, 0.25) is 0 Å². The SMILES string of the molecule is COc1ccc(NC(=O)c2ccc(C(F)(F)F)nc2)cc1Cc1ccccc1. The maximum atomic E-state index is 12.6. The Bertz CT molecular complexity index is 956. The topological polar surface area (TPSA) is 51.2 Å². The van der Waals surface area contributed by atoms with E-state index in [4.69, 9.17) is 4.74 Å². The van der Waals surface area contributed by atoms with Crippen molar-refractivity contribution in [2.45, 2.75) is 12.6 Å². The number of amides is 1. The highest BCUT2D eigenvalue weighted by molar-refractivity contribution is 6.04. The number of aromatic nitrogens is 1. The van der Waals surface area contributed by atoms with E-state index in [1.807, 2.05) is 30.3 Å². The molecule has 0 atom stereocenters. The molecule has 0 spiro atoms. The summed E-state index contributed by atoms with van der Waals surface area (Å²) in [4.78, 5) is 15.6. The fraction of sp³-hybridized carbons (Fsp3) is 0.143. The van der Waals surface area contributed by atoms with Gasteiger partial charge in [-0.25, -0.2) is 0 Å². The van der Waals surface area contributed by atoms with E-state index >= 15 is 0 Å². The van der Waals surface area contributed by atoms with Gasteiger partial charge in [0.2, 0.25) is 0 Å². The van der Waals surface area contributed by atoms with Crippen LogP contribution in [-0.2, 0) is 12.6 Å². The van der Waals surface area contributed by atoms with Crippen LogP contribution in [0.15, 0.2) is 66.9 Å². The number of rotatable bonds is 5. The van der Waals surface area contributed by atoms with E-state index in [2.05, 4.69) is 10.3 Å². The summed E-state index contributed by atoms with van der Waals surface area (Å²) < 4.78 is 43.1. The zero-order valence-corrected chi connectivity index (χ0v) is 15.0. The maximum Gasteiger partial charge on any atom is 0.433 e. The Morgan fingerprint density at radius 3 is 2.43 bits per heavy atom. The van der Waals surface area contributed by atoms with Gasteiger partial charge in [-0.15, -0.1) is 0 Å². The summed E-state index contributed by atoms with van der Waals surface area (Å²) in [6, 6.07) is 16.8. The van der Waals surface area contributed by atoms with E-state index in [1.165, 1.54) is 0 Å². The summed E-state index contributed by atoms with van der Waals surface area (Å²) in [7, 11) is 1.57. The van der Waals surface area contributed by atoms with Crippen LogP contribution in [0.1, 0.15) is 27.2 Å². The summed E-state index contributed by atoms with van der Waals surface area (Å²) in [6.07, 6.45) is -3.03. The van der Waals surface area contributed by atoms with Crippen molar-refractivity contribution >= 4 is 11.6 Å². The molecule has 0 radical (unpaired) electrons. The van der Waals surface area contributed by atoms with E-state index < -0.39 is 17.8 Å². The number of carbonyl (C=O) groups excluding carboxylic acids is 1. The van der Waals surface area contributed by atoms with Crippen LogP contribution in [0.25, 0.3) is 0 Å². The molecule has 1 heterocycles. The Labute approximate surface area is 160 Å². The number of nitrogens with zero attached hydrogens (tertiary/aromatic N) is 1. The Kier molecular flexibility index (Phi) is 5.63. The van der Waals surface area contributed by atoms with Crippen molar-refractivity contribution in [1.29, 1.82) is 0 Å². The summed E-state index contributed by atoms with van der Waals surface area (Å²) in [5.41, 5.74) is 1.46. The monoisotopic (exact) mass is 386 g/mol. The summed E-state index contributed by atoms with van der Waals surface area (Å²) >= 11 is 0. The van der Waals surface area contributed by atoms with Crippen molar-refractivity contribution in [1.82, 2.24) is 4.98 Å². The minimum Gasteiger partial charge on any atom is -0.496 e. The van der Waals surface area contributed by atoms with Crippen LogP contribution in [0.5, 0.6) is 5.75 Å². The molecule has 1 aromatic heterocycles. The summed E-state index contributed by atoms with van der Waals surface area (Å²) in [6.45, 7) is 0. The fourth-order valence-corrected chi connectivity index (χ4v) is 2.71. The molecule has 0 fully saturated rings. The smallest absolute Gasteiger partial charge is 0.433 e. The molecule has 7 heteroatoms. The van der Waals surface area contributed by atoms with Gasteiger partial charge in [0.15, 0.2) is 0 Å². The first-order valence-corrected chi connectivity index (χ1v) is 8.42. The standard InChI is InChI=1S/C21H17F3N2O2/c1-28-18-9-8-17(12-16(18)11-14-5-3-2-4-6-14)26-20(27)15-7-10-19(25-13-15)21(22,23)24/h2-10,12-13H,11H2,1H3,(H,26,27). The molecular weight excluding hydrogens is 369 g/mol. The lowest BCUT2D eigenvalue weighted by Crippen LogP contribution is -2.14. The Morgan fingerprint density at radius 2 is 1.82 bits per heavy atom. The Hall–Kier alpha value is -3.35. The Balaban J connectivity index is 1.78. The molecule has 1 N–H and O–H groups in total. The number of ether oxygens (including phenoxy) is 1. The van der Waals surface area contributed by atoms with E-state index in [0.29, 0.717) is 17.9 Å². The second-order valence-electron chi connectivity index (χ2n) is 6.07. The Morgan fingerprint density at radius 1 is 1.07 bits per heavy atom. The minimum absolute atomic E-state index is 0.0356. The van der Waals surface area contributed by atoms with Crippen molar-refractivity contribution in [3.05, 3.63) is 89.2 Å². The van der Waals surface area contributed by atoms with Gasteiger partial charge in [0.25, 0.3) is 5.91 Å². The van der Waals surface area contributed by atoms with Gasteiger partial charge in [-0.2, -0.15) is 13.2 Å². The van der Waals surface area contributed by atoms with Gasteiger partial charge in [-0.3, -0.25) is 9.78 Å². The number of carbonyl (C=O) groups is 1. The average Bonchev–Trinajstić information content (AvgIpc) is 2.68. The number of anilines is 1. The van der Waals surface area contributed by atoms with Gasteiger partial charge in [-0.1, -0.05) is 30.3 Å². The maximum absolute atomic E-state index is 12.6. The molecule has 0 saturated carbocycles. The number of methoxy groups -OCH3 is 1. The van der Waals surface area contributed by atoms with Crippen LogP contribution in [0.4, 0.5) is 18.9 Å². The third-order valence-electron chi connectivity index (χ3n) is 4.09.